The Morgan fingerprint density at radius 1 is 1.35 bits per heavy atom. The smallest absolute Gasteiger partial charge is 0.271 e. The highest BCUT2D eigenvalue weighted by atomic mass is 32.2. The van der Waals surface area contributed by atoms with E-state index in [4.69, 9.17) is 0 Å². The van der Waals surface area contributed by atoms with E-state index in [1.165, 1.54) is 23.7 Å². The van der Waals surface area contributed by atoms with Crippen LogP contribution in [0.25, 0.3) is 0 Å². The molecular formula is C12H18N4O2S2. The van der Waals surface area contributed by atoms with Gasteiger partial charge in [-0.15, -0.1) is 11.3 Å². The molecule has 0 aliphatic rings. The van der Waals surface area contributed by atoms with Crippen LogP contribution in [-0.2, 0) is 16.4 Å². The van der Waals surface area contributed by atoms with Gasteiger partial charge < -0.3 is 5.32 Å². The van der Waals surface area contributed by atoms with E-state index < -0.39 is 10.0 Å². The van der Waals surface area contributed by atoms with Crippen LogP contribution >= 0.6 is 11.3 Å². The zero-order chi connectivity index (χ0) is 14.4. The Morgan fingerprint density at radius 3 is 2.90 bits per heavy atom. The van der Waals surface area contributed by atoms with Crippen LogP contribution in [-0.4, -0.2) is 31.7 Å². The molecule has 0 radical (unpaired) electrons. The number of sulfonamides is 1. The lowest BCUT2D eigenvalue weighted by molar-refractivity contribution is 0.603. The van der Waals surface area contributed by atoms with Crippen molar-refractivity contribution in [3.63, 3.8) is 0 Å². The number of rotatable bonds is 8. The molecule has 110 valence electrons. The van der Waals surface area contributed by atoms with Gasteiger partial charge in [-0.05, 0) is 38.1 Å². The average Bonchev–Trinajstić information content (AvgIpc) is 3.05. The van der Waals surface area contributed by atoms with E-state index in [9.17, 15) is 8.42 Å². The predicted molar refractivity (Wildman–Crippen MR) is 80.6 cm³/mol. The fourth-order valence-electron chi connectivity index (χ4n) is 1.66. The highest BCUT2D eigenvalue weighted by Gasteiger charge is 2.17. The number of nitrogens with zero attached hydrogens (tertiary/aromatic N) is 1. The third-order valence-corrected chi connectivity index (χ3v) is 5.65. The summed E-state index contributed by atoms with van der Waals surface area (Å²) in [6.45, 7) is 3.96. The second-order valence-electron chi connectivity index (χ2n) is 4.31. The average molecular weight is 314 g/mol. The van der Waals surface area contributed by atoms with Crippen LogP contribution in [0.2, 0.25) is 0 Å². The normalized spacial score (nSPS) is 11.7. The molecule has 0 aliphatic carbocycles. The number of aromatic nitrogens is 2. The third kappa shape index (κ3) is 4.06. The van der Waals surface area contributed by atoms with Crippen LogP contribution in [0, 0.1) is 0 Å². The summed E-state index contributed by atoms with van der Waals surface area (Å²) in [5, 5.41) is 9.57. The third-order valence-electron chi connectivity index (χ3n) is 2.63. The second kappa shape index (κ2) is 6.87. The van der Waals surface area contributed by atoms with Gasteiger partial charge in [-0.3, -0.25) is 9.82 Å². The molecule has 0 saturated carbocycles. The Bertz CT molecular complexity index is 620. The maximum Gasteiger partial charge on any atom is 0.271 e. The molecule has 0 aliphatic heterocycles. The van der Waals surface area contributed by atoms with Gasteiger partial charge in [0.1, 0.15) is 4.21 Å². The maximum atomic E-state index is 12.1. The number of hydrogen-bond acceptors (Lipinski definition) is 5. The van der Waals surface area contributed by atoms with E-state index in [2.05, 4.69) is 27.2 Å². The van der Waals surface area contributed by atoms with Crippen molar-refractivity contribution in [3.05, 3.63) is 29.4 Å². The zero-order valence-electron chi connectivity index (χ0n) is 11.2. The molecule has 0 saturated heterocycles. The van der Waals surface area contributed by atoms with Gasteiger partial charge in [-0.25, -0.2) is 8.42 Å². The Hall–Kier alpha value is -1.38. The van der Waals surface area contributed by atoms with Crippen LogP contribution in [0.5, 0.6) is 0 Å². The van der Waals surface area contributed by atoms with Crippen molar-refractivity contribution in [2.45, 2.75) is 24.0 Å². The summed E-state index contributed by atoms with van der Waals surface area (Å²) in [6.07, 6.45) is 4.87. The molecule has 0 unspecified atom stereocenters. The highest BCUT2D eigenvalue weighted by molar-refractivity contribution is 7.94. The minimum atomic E-state index is -3.51. The maximum absolute atomic E-state index is 12.1. The first-order valence-electron chi connectivity index (χ1n) is 6.43. The summed E-state index contributed by atoms with van der Waals surface area (Å²) in [6, 6.07) is 3.50. The lowest BCUT2D eigenvalue weighted by Crippen LogP contribution is -2.17. The van der Waals surface area contributed by atoms with Gasteiger partial charge in [0.05, 0.1) is 11.9 Å². The molecule has 0 amide bonds. The van der Waals surface area contributed by atoms with E-state index in [0.29, 0.717) is 9.90 Å². The number of nitrogens with one attached hydrogen (secondary N) is 3. The minimum absolute atomic E-state index is 0.323. The highest BCUT2D eigenvalue weighted by Crippen LogP contribution is 2.23. The van der Waals surface area contributed by atoms with Crippen molar-refractivity contribution < 1.29 is 8.42 Å². The molecule has 0 bridgehead atoms. The first-order valence-corrected chi connectivity index (χ1v) is 8.73. The van der Waals surface area contributed by atoms with E-state index >= 15 is 0 Å². The molecule has 6 nitrogen and oxygen atoms in total. The number of aromatic amines is 1. The van der Waals surface area contributed by atoms with Crippen molar-refractivity contribution in [2.75, 3.05) is 17.8 Å². The van der Waals surface area contributed by atoms with Crippen molar-refractivity contribution in [2.24, 2.45) is 0 Å². The molecule has 8 heteroatoms. The SMILES string of the molecule is CCCNCCc1ccc(S(=O)(=O)Nc2cn[nH]c2)s1. The van der Waals surface area contributed by atoms with E-state index in [1.807, 2.05) is 6.07 Å². The van der Waals surface area contributed by atoms with Gasteiger partial charge >= 0.3 is 0 Å². The fraction of sp³-hybridized carbons (Fsp3) is 0.417. The second-order valence-corrected chi connectivity index (χ2v) is 7.39. The zero-order valence-corrected chi connectivity index (χ0v) is 12.9. The number of H-pyrrole nitrogens is 1. The summed E-state index contributed by atoms with van der Waals surface area (Å²) < 4.78 is 27.1. The summed E-state index contributed by atoms with van der Waals surface area (Å²) in [5.41, 5.74) is 0.435. The largest absolute Gasteiger partial charge is 0.316 e. The van der Waals surface area contributed by atoms with Gasteiger partial charge in [-0.2, -0.15) is 5.10 Å². The Morgan fingerprint density at radius 2 is 2.20 bits per heavy atom. The van der Waals surface area contributed by atoms with Crippen LogP contribution in [0.15, 0.2) is 28.7 Å². The molecule has 0 fully saturated rings. The molecule has 2 aromatic rings. The number of hydrogen-bond donors (Lipinski definition) is 3. The Balaban J connectivity index is 1.97. The quantitative estimate of drug-likeness (QED) is 0.649. The van der Waals surface area contributed by atoms with Crippen molar-refractivity contribution >= 4 is 27.0 Å². The van der Waals surface area contributed by atoms with Crippen LogP contribution in [0.3, 0.4) is 0 Å². The molecule has 2 aromatic heterocycles. The molecule has 0 aromatic carbocycles. The van der Waals surface area contributed by atoms with E-state index in [0.717, 1.165) is 30.8 Å². The Labute approximate surface area is 122 Å². The van der Waals surface area contributed by atoms with Gasteiger partial charge in [0.2, 0.25) is 0 Å². The summed E-state index contributed by atoms with van der Waals surface area (Å²) in [4.78, 5) is 1.06. The molecule has 20 heavy (non-hydrogen) atoms. The van der Waals surface area contributed by atoms with Crippen LogP contribution in [0.1, 0.15) is 18.2 Å². The van der Waals surface area contributed by atoms with Crippen molar-refractivity contribution in [3.8, 4) is 0 Å². The lowest BCUT2D eigenvalue weighted by Gasteiger charge is -2.02. The monoisotopic (exact) mass is 314 g/mol. The van der Waals surface area contributed by atoms with E-state index in [-0.39, 0.29) is 0 Å². The first-order chi connectivity index (χ1) is 9.62. The summed E-state index contributed by atoms with van der Waals surface area (Å²) in [5.74, 6) is 0. The molecule has 2 heterocycles. The van der Waals surface area contributed by atoms with Crippen LogP contribution < -0.4 is 10.0 Å². The topological polar surface area (TPSA) is 86.9 Å². The van der Waals surface area contributed by atoms with Crippen LogP contribution in [0.4, 0.5) is 5.69 Å². The first kappa shape index (κ1) is 15.0. The standard InChI is InChI=1S/C12H18N4O2S2/c1-2-6-13-7-5-11-3-4-12(19-11)20(17,18)16-10-8-14-15-9-10/h3-4,8-9,13,16H,2,5-7H2,1H3,(H,14,15). The molecule has 2 rings (SSSR count). The molecular weight excluding hydrogens is 296 g/mol. The molecule has 3 N–H and O–H groups in total. The van der Waals surface area contributed by atoms with Gasteiger partial charge in [0, 0.05) is 11.1 Å². The van der Waals surface area contributed by atoms with Crippen molar-refractivity contribution in [1.29, 1.82) is 0 Å². The van der Waals surface area contributed by atoms with Gasteiger partial charge in [0.15, 0.2) is 0 Å². The Kier molecular flexibility index (Phi) is 5.16. The van der Waals surface area contributed by atoms with Gasteiger partial charge in [0.25, 0.3) is 10.0 Å². The summed E-state index contributed by atoms with van der Waals surface area (Å²) >= 11 is 1.30. The molecule has 0 atom stereocenters. The molecule has 0 spiro atoms. The van der Waals surface area contributed by atoms with E-state index in [1.54, 1.807) is 6.07 Å². The summed E-state index contributed by atoms with van der Waals surface area (Å²) in [7, 11) is -3.51. The van der Waals surface area contributed by atoms with Crippen molar-refractivity contribution in [1.82, 2.24) is 15.5 Å². The minimum Gasteiger partial charge on any atom is -0.316 e. The number of anilines is 1. The van der Waals surface area contributed by atoms with Gasteiger partial charge in [-0.1, -0.05) is 6.92 Å². The predicted octanol–water partition coefficient (Wildman–Crippen LogP) is 1.81. The lowest BCUT2D eigenvalue weighted by atomic mass is 10.3. The number of thiophene rings is 1. The fourth-order valence-corrected chi connectivity index (χ4v) is 4.05.